The highest BCUT2D eigenvalue weighted by Gasteiger charge is 2.15. The molecule has 1 aliphatic carbocycles. The maximum Gasteiger partial charge on any atom is 0.269 e. The van der Waals surface area contributed by atoms with Crippen molar-refractivity contribution in [2.45, 2.75) is 39.0 Å². The largest absolute Gasteiger partial charge is 0.385 e. The molecule has 1 amide bonds. The second-order valence-electron chi connectivity index (χ2n) is 5.16. The maximum absolute atomic E-state index is 12.0. The van der Waals surface area contributed by atoms with Gasteiger partial charge in [-0.1, -0.05) is 25.7 Å². The van der Waals surface area contributed by atoms with Crippen molar-refractivity contribution in [1.29, 1.82) is 0 Å². The summed E-state index contributed by atoms with van der Waals surface area (Å²) in [6, 6.07) is 3.67. The molecule has 2 N–H and O–H groups in total. The van der Waals surface area contributed by atoms with Crippen molar-refractivity contribution in [1.82, 2.24) is 10.3 Å². The quantitative estimate of drug-likeness (QED) is 0.828. The molecule has 0 aromatic carbocycles. The van der Waals surface area contributed by atoms with Crippen LogP contribution in [0.5, 0.6) is 0 Å². The van der Waals surface area contributed by atoms with E-state index in [1.807, 2.05) is 13.0 Å². The number of carbonyl (C=O) groups excluding carboxylic acids is 1. The lowest BCUT2D eigenvalue weighted by Gasteiger charge is -2.10. The summed E-state index contributed by atoms with van der Waals surface area (Å²) in [6.07, 6.45) is 8.12. The van der Waals surface area contributed by atoms with Gasteiger partial charge in [-0.25, -0.2) is 0 Å². The first-order valence-corrected chi connectivity index (χ1v) is 7.27. The molecule has 1 heterocycles. The summed E-state index contributed by atoms with van der Waals surface area (Å²) in [7, 11) is 0. The molecule has 19 heavy (non-hydrogen) atoms. The van der Waals surface area contributed by atoms with Gasteiger partial charge in [0.1, 0.15) is 5.69 Å². The van der Waals surface area contributed by atoms with Crippen LogP contribution in [-0.2, 0) is 0 Å². The van der Waals surface area contributed by atoms with Gasteiger partial charge in [0.05, 0.1) is 0 Å². The number of hydrogen-bond acceptors (Lipinski definition) is 3. The number of nitrogens with zero attached hydrogens (tertiary/aromatic N) is 1. The van der Waals surface area contributed by atoms with E-state index >= 15 is 0 Å². The van der Waals surface area contributed by atoms with E-state index < -0.39 is 0 Å². The Kier molecular flexibility index (Phi) is 5.19. The summed E-state index contributed by atoms with van der Waals surface area (Å²) in [5.41, 5.74) is 1.43. The van der Waals surface area contributed by atoms with Crippen molar-refractivity contribution < 1.29 is 4.79 Å². The standard InChI is InChI=1S/C15H23N3O/c1-2-16-13-8-10-17-14(11-13)15(19)18-9-7-12-5-3-4-6-12/h8,10-12H,2-7,9H2,1H3,(H,16,17)(H,18,19). The molecule has 4 nitrogen and oxygen atoms in total. The van der Waals surface area contributed by atoms with E-state index in [0.29, 0.717) is 5.69 Å². The van der Waals surface area contributed by atoms with Crippen LogP contribution in [0.2, 0.25) is 0 Å². The molecule has 1 saturated carbocycles. The van der Waals surface area contributed by atoms with Crippen LogP contribution < -0.4 is 10.6 Å². The molecule has 0 saturated heterocycles. The Hall–Kier alpha value is -1.58. The normalized spacial score (nSPS) is 15.4. The van der Waals surface area contributed by atoms with Gasteiger partial charge >= 0.3 is 0 Å². The van der Waals surface area contributed by atoms with Crippen molar-refractivity contribution in [2.75, 3.05) is 18.4 Å². The van der Waals surface area contributed by atoms with E-state index in [1.165, 1.54) is 25.7 Å². The Bertz CT molecular complexity index is 414. The molecule has 0 unspecified atom stereocenters. The van der Waals surface area contributed by atoms with Crippen LogP contribution in [0.1, 0.15) is 49.5 Å². The van der Waals surface area contributed by atoms with E-state index in [2.05, 4.69) is 15.6 Å². The van der Waals surface area contributed by atoms with Crippen molar-refractivity contribution >= 4 is 11.6 Å². The molecule has 0 aliphatic heterocycles. The smallest absolute Gasteiger partial charge is 0.269 e. The Morgan fingerprint density at radius 1 is 1.42 bits per heavy atom. The minimum atomic E-state index is -0.0715. The summed E-state index contributed by atoms with van der Waals surface area (Å²) in [5.74, 6) is 0.735. The molecule has 1 fully saturated rings. The van der Waals surface area contributed by atoms with Crippen LogP contribution in [-0.4, -0.2) is 24.0 Å². The van der Waals surface area contributed by atoms with Crippen molar-refractivity contribution in [3.63, 3.8) is 0 Å². The molecule has 1 aromatic heterocycles. The van der Waals surface area contributed by atoms with Crippen molar-refractivity contribution in [2.24, 2.45) is 5.92 Å². The van der Waals surface area contributed by atoms with Crippen molar-refractivity contribution in [3.8, 4) is 0 Å². The summed E-state index contributed by atoms with van der Waals surface area (Å²) >= 11 is 0. The van der Waals surface area contributed by atoms with Crippen LogP contribution in [0.4, 0.5) is 5.69 Å². The zero-order valence-electron chi connectivity index (χ0n) is 11.6. The predicted octanol–water partition coefficient (Wildman–Crippen LogP) is 2.82. The van der Waals surface area contributed by atoms with Crippen LogP contribution in [0.25, 0.3) is 0 Å². The number of anilines is 1. The molecule has 0 atom stereocenters. The molecule has 0 spiro atoms. The third-order valence-corrected chi connectivity index (χ3v) is 3.69. The molecule has 1 aromatic rings. The average molecular weight is 261 g/mol. The van der Waals surface area contributed by atoms with Crippen molar-refractivity contribution in [3.05, 3.63) is 24.0 Å². The van der Waals surface area contributed by atoms with Gasteiger partial charge in [0.2, 0.25) is 0 Å². The zero-order chi connectivity index (χ0) is 13.5. The van der Waals surface area contributed by atoms with Gasteiger partial charge in [-0.2, -0.15) is 0 Å². The van der Waals surface area contributed by atoms with Gasteiger partial charge in [-0.3, -0.25) is 9.78 Å². The third-order valence-electron chi connectivity index (χ3n) is 3.69. The zero-order valence-corrected chi connectivity index (χ0v) is 11.6. The number of nitrogens with one attached hydrogen (secondary N) is 2. The van der Waals surface area contributed by atoms with E-state index in [9.17, 15) is 4.79 Å². The summed E-state index contributed by atoms with van der Waals surface area (Å²) in [6.45, 7) is 3.63. The highest BCUT2D eigenvalue weighted by molar-refractivity contribution is 5.93. The Balaban J connectivity index is 1.79. The molecule has 4 heteroatoms. The fourth-order valence-corrected chi connectivity index (χ4v) is 2.65. The van der Waals surface area contributed by atoms with E-state index in [-0.39, 0.29) is 5.91 Å². The fraction of sp³-hybridized carbons (Fsp3) is 0.600. The average Bonchev–Trinajstić information content (AvgIpc) is 2.92. The predicted molar refractivity (Wildman–Crippen MR) is 77.3 cm³/mol. The summed E-state index contributed by atoms with van der Waals surface area (Å²) in [4.78, 5) is 16.1. The number of pyridine rings is 1. The lowest BCUT2D eigenvalue weighted by atomic mass is 10.0. The number of amides is 1. The van der Waals surface area contributed by atoms with Crippen LogP contribution in [0.3, 0.4) is 0 Å². The first-order chi connectivity index (χ1) is 9.29. The number of hydrogen-bond donors (Lipinski definition) is 2. The molecular weight excluding hydrogens is 238 g/mol. The number of carbonyl (C=O) groups is 1. The van der Waals surface area contributed by atoms with Gasteiger partial charge in [0, 0.05) is 25.0 Å². The molecule has 0 radical (unpaired) electrons. The lowest BCUT2D eigenvalue weighted by molar-refractivity contribution is 0.0946. The lowest BCUT2D eigenvalue weighted by Crippen LogP contribution is -2.26. The fourth-order valence-electron chi connectivity index (χ4n) is 2.65. The Morgan fingerprint density at radius 2 is 2.21 bits per heavy atom. The van der Waals surface area contributed by atoms with Gasteiger partial charge in [-0.15, -0.1) is 0 Å². The van der Waals surface area contributed by atoms with E-state index in [0.717, 1.165) is 31.1 Å². The van der Waals surface area contributed by atoms with Crippen LogP contribution in [0.15, 0.2) is 18.3 Å². The molecule has 104 valence electrons. The van der Waals surface area contributed by atoms with E-state index in [4.69, 9.17) is 0 Å². The number of rotatable bonds is 6. The molecule has 2 rings (SSSR count). The van der Waals surface area contributed by atoms with Crippen LogP contribution >= 0.6 is 0 Å². The maximum atomic E-state index is 12.0. The summed E-state index contributed by atoms with van der Waals surface area (Å²) < 4.78 is 0. The minimum absolute atomic E-state index is 0.0715. The third kappa shape index (κ3) is 4.23. The second-order valence-corrected chi connectivity index (χ2v) is 5.16. The Morgan fingerprint density at radius 3 is 2.95 bits per heavy atom. The molecule has 0 bridgehead atoms. The second kappa shape index (κ2) is 7.12. The van der Waals surface area contributed by atoms with Gasteiger partial charge in [0.15, 0.2) is 0 Å². The number of aromatic nitrogens is 1. The summed E-state index contributed by atoms with van der Waals surface area (Å²) in [5, 5.41) is 6.15. The molecular formula is C15H23N3O. The highest BCUT2D eigenvalue weighted by Crippen LogP contribution is 2.26. The monoisotopic (exact) mass is 261 g/mol. The van der Waals surface area contributed by atoms with E-state index in [1.54, 1.807) is 12.3 Å². The van der Waals surface area contributed by atoms with Crippen LogP contribution in [0, 0.1) is 5.92 Å². The first kappa shape index (κ1) is 13.8. The minimum Gasteiger partial charge on any atom is -0.385 e. The van der Waals surface area contributed by atoms with Gasteiger partial charge in [-0.05, 0) is 31.4 Å². The topological polar surface area (TPSA) is 54.0 Å². The van der Waals surface area contributed by atoms with Gasteiger partial charge in [0.25, 0.3) is 5.91 Å². The van der Waals surface area contributed by atoms with Gasteiger partial charge < -0.3 is 10.6 Å². The SMILES string of the molecule is CCNc1ccnc(C(=O)NCCC2CCCC2)c1. The first-order valence-electron chi connectivity index (χ1n) is 7.27. The molecule has 1 aliphatic rings. The Labute approximate surface area is 115 Å². The highest BCUT2D eigenvalue weighted by atomic mass is 16.1.